The molecule has 0 spiro atoms. The number of ether oxygens (including phenoxy) is 1. The van der Waals surface area contributed by atoms with E-state index in [2.05, 4.69) is 6.58 Å². The van der Waals surface area contributed by atoms with E-state index in [9.17, 15) is 14.9 Å². The average molecular weight is 266 g/mol. The first-order valence-electron chi connectivity index (χ1n) is 5.39. The van der Waals surface area contributed by atoms with Gasteiger partial charge in [-0.2, -0.15) is 0 Å². The molecule has 0 saturated carbocycles. The van der Waals surface area contributed by atoms with Crippen LogP contribution in [0.15, 0.2) is 30.9 Å². The van der Waals surface area contributed by atoms with Crippen molar-refractivity contribution in [3.8, 4) is 5.75 Å². The lowest BCUT2D eigenvalue weighted by Gasteiger charge is -2.21. The van der Waals surface area contributed by atoms with Gasteiger partial charge in [-0.15, -0.1) is 6.58 Å². The molecule has 0 heterocycles. The number of nitro groups is 1. The van der Waals surface area contributed by atoms with Gasteiger partial charge in [0, 0.05) is 6.54 Å². The Labute approximate surface area is 109 Å². The average Bonchev–Trinajstić information content (AvgIpc) is 2.37. The summed E-state index contributed by atoms with van der Waals surface area (Å²) < 4.78 is 4.92. The fraction of sp³-hybridized carbons (Fsp3) is 0.250. The van der Waals surface area contributed by atoms with Crippen molar-refractivity contribution in [2.45, 2.75) is 0 Å². The molecule has 0 radical (unpaired) electrons. The first-order chi connectivity index (χ1) is 8.99. The van der Waals surface area contributed by atoms with Crippen LogP contribution in [0.5, 0.6) is 5.75 Å². The predicted octanol–water partition coefficient (Wildman–Crippen LogP) is 1.68. The Bertz CT molecular complexity index is 501. The summed E-state index contributed by atoms with van der Waals surface area (Å²) in [4.78, 5) is 22.6. The molecule has 0 aliphatic rings. The second-order valence-corrected chi connectivity index (χ2v) is 3.67. The molecule has 0 saturated heterocycles. The number of anilines is 1. The molecule has 1 aromatic rings. The van der Waals surface area contributed by atoms with E-state index in [1.54, 1.807) is 6.07 Å². The first kappa shape index (κ1) is 14.5. The minimum Gasteiger partial charge on any atom is -0.496 e. The third kappa shape index (κ3) is 3.70. The second kappa shape index (κ2) is 6.39. The zero-order valence-corrected chi connectivity index (χ0v) is 10.4. The maximum absolute atomic E-state index is 11.0. The van der Waals surface area contributed by atoms with Gasteiger partial charge in [0.1, 0.15) is 18.0 Å². The maximum atomic E-state index is 11.0. The molecular weight excluding hydrogens is 252 g/mol. The van der Waals surface area contributed by atoms with E-state index in [1.165, 1.54) is 30.2 Å². The molecule has 0 aromatic heterocycles. The van der Waals surface area contributed by atoms with Crippen molar-refractivity contribution in [2.75, 3.05) is 25.1 Å². The number of benzene rings is 1. The number of carboxylic acid groups (broad SMARTS) is 1. The third-order valence-corrected chi connectivity index (χ3v) is 2.40. The molecule has 0 fully saturated rings. The molecule has 19 heavy (non-hydrogen) atoms. The molecule has 0 aliphatic carbocycles. The van der Waals surface area contributed by atoms with Gasteiger partial charge in [-0.05, 0) is 12.1 Å². The number of hydrogen-bond donors (Lipinski definition) is 1. The Morgan fingerprint density at radius 2 is 2.32 bits per heavy atom. The summed E-state index contributed by atoms with van der Waals surface area (Å²) in [5.41, 5.74) is 0.00977. The minimum absolute atomic E-state index is 0.194. The molecule has 0 aliphatic heterocycles. The van der Waals surface area contributed by atoms with Crippen molar-refractivity contribution >= 4 is 17.3 Å². The van der Waals surface area contributed by atoms with E-state index in [0.29, 0.717) is 5.75 Å². The molecule has 7 nitrogen and oxygen atoms in total. The smallest absolute Gasteiger partial charge is 0.323 e. The van der Waals surface area contributed by atoms with E-state index in [1.807, 2.05) is 0 Å². The van der Waals surface area contributed by atoms with E-state index in [-0.39, 0.29) is 24.5 Å². The van der Waals surface area contributed by atoms with Crippen molar-refractivity contribution in [2.24, 2.45) is 0 Å². The van der Waals surface area contributed by atoms with Gasteiger partial charge in [-0.1, -0.05) is 6.08 Å². The van der Waals surface area contributed by atoms with Gasteiger partial charge in [0.15, 0.2) is 0 Å². The number of methoxy groups -OCH3 is 1. The van der Waals surface area contributed by atoms with Gasteiger partial charge in [-0.25, -0.2) is 0 Å². The van der Waals surface area contributed by atoms with Crippen LogP contribution in [0.25, 0.3) is 0 Å². The van der Waals surface area contributed by atoms with Crippen LogP contribution in [0, 0.1) is 10.1 Å². The highest BCUT2D eigenvalue weighted by Crippen LogP contribution is 2.31. The van der Waals surface area contributed by atoms with Crippen molar-refractivity contribution < 1.29 is 19.6 Å². The van der Waals surface area contributed by atoms with E-state index in [4.69, 9.17) is 9.84 Å². The van der Waals surface area contributed by atoms with Gasteiger partial charge >= 0.3 is 5.97 Å². The lowest BCUT2D eigenvalue weighted by Crippen LogP contribution is -2.30. The Morgan fingerprint density at radius 1 is 1.63 bits per heavy atom. The van der Waals surface area contributed by atoms with Crippen molar-refractivity contribution in [1.82, 2.24) is 0 Å². The number of rotatable bonds is 7. The number of aliphatic carboxylic acids is 1. The molecule has 102 valence electrons. The van der Waals surface area contributed by atoms with Crippen LogP contribution in [0.4, 0.5) is 11.4 Å². The van der Waals surface area contributed by atoms with E-state index in [0.717, 1.165) is 0 Å². The van der Waals surface area contributed by atoms with Crippen molar-refractivity contribution in [3.05, 3.63) is 41.0 Å². The molecule has 1 rings (SSSR count). The Balaban J connectivity index is 3.24. The zero-order chi connectivity index (χ0) is 14.4. The third-order valence-electron chi connectivity index (χ3n) is 2.40. The minimum atomic E-state index is -1.08. The molecular formula is C12H14N2O5. The van der Waals surface area contributed by atoms with Gasteiger partial charge in [0.05, 0.1) is 18.1 Å². The topological polar surface area (TPSA) is 92.9 Å². The summed E-state index contributed by atoms with van der Waals surface area (Å²) in [6.07, 6.45) is 1.48. The lowest BCUT2D eigenvalue weighted by molar-refractivity contribution is -0.384. The molecule has 0 bridgehead atoms. The first-order valence-corrected chi connectivity index (χ1v) is 5.39. The Kier molecular flexibility index (Phi) is 4.87. The second-order valence-electron chi connectivity index (χ2n) is 3.67. The van der Waals surface area contributed by atoms with Crippen LogP contribution < -0.4 is 9.64 Å². The predicted molar refractivity (Wildman–Crippen MR) is 69.7 cm³/mol. The molecule has 0 atom stereocenters. The monoisotopic (exact) mass is 266 g/mol. The van der Waals surface area contributed by atoms with Crippen molar-refractivity contribution in [3.63, 3.8) is 0 Å². The number of nitro benzene ring substituents is 1. The number of carbonyl (C=O) groups is 1. The number of nitrogens with zero attached hydrogens (tertiary/aromatic N) is 2. The van der Waals surface area contributed by atoms with Gasteiger partial charge < -0.3 is 14.7 Å². The largest absolute Gasteiger partial charge is 0.496 e. The van der Waals surface area contributed by atoms with Crippen molar-refractivity contribution in [1.29, 1.82) is 0 Å². The van der Waals surface area contributed by atoms with Crippen LogP contribution in [0.2, 0.25) is 0 Å². The Morgan fingerprint density at radius 3 is 2.79 bits per heavy atom. The highest BCUT2D eigenvalue weighted by atomic mass is 16.6. The number of hydrogen-bond acceptors (Lipinski definition) is 5. The number of carboxylic acids is 1. The standard InChI is InChI=1S/C12H14N2O5/c1-3-6-13(8-12(15)16)10-5-4-9(19-2)7-11(10)14(17)18/h3-5,7H,1,6,8H2,2H3,(H,15,16). The molecule has 1 N–H and O–H groups in total. The SMILES string of the molecule is C=CCN(CC(=O)O)c1ccc(OC)cc1[N+](=O)[O-]. The van der Waals surface area contributed by atoms with Crippen LogP contribution in [-0.2, 0) is 4.79 Å². The fourth-order valence-corrected chi connectivity index (χ4v) is 1.61. The van der Waals surface area contributed by atoms with Crippen LogP contribution >= 0.6 is 0 Å². The van der Waals surface area contributed by atoms with Crippen LogP contribution in [0.3, 0.4) is 0 Å². The lowest BCUT2D eigenvalue weighted by atomic mass is 10.2. The molecule has 0 amide bonds. The molecule has 7 heteroatoms. The maximum Gasteiger partial charge on any atom is 0.323 e. The summed E-state index contributed by atoms with van der Waals surface area (Å²) in [7, 11) is 1.40. The zero-order valence-electron chi connectivity index (χ0n) is 10.4. The summed E-state index contributed by atoms with van der Waals surface area (Å²) in [6, 6.07) is 4.26. The Hall–Kier alpha value is -2.57. The highest BCUT2D eigenvalue weighted by molar-refractivity contribution is 5.76. The summed E-state index contributed by atoms with van der Waals surface area (Å²) in [5, 5.41) is 19.9. The summed E-state index contributed by atoms with van der Waals surface area (Å²) in [6.45, 7) is 3.36. The quantitative estimate of drug-likeness (QED) is 0.458. The van der Waals surface area contributed by atoms with Crippen LogP contribution in [-0.4, -0.2) is 36.2 Å². The normalized spacial score (nSPS) is 9.74. The van der Waals surface area contributed by atoms with Gasteiger partial charge in [-0.3, -0.25) is 14.9 Å². The van der Waals surface area contributed by atoms with Crippen LogP contribution in [0.1, 0.15) is 0 Å². The van der Waals surface area contributed by atoms with E-state index < -0.39 is 10.9 Å². The summed E-state index contributed by atoms with van der Waals surface area (Å²) in [5.74, 6) is -0.740. The fourth-order valence-electron chi connectivity index (χ4n) is 1.61. The summed E-state index contributed by atoms with van der Waals surface area (Å²) >= 11 is 0. The molecule has 1 aromatic carbocycles. The molecule has 0 unspecified atom stereocenters. The van der Waals surface area contributed by atoms with Gasteiger partial charge in [0.25, 0.3) is 5.69 Å². The van der Waals surface area contributed by atoms with E-state index >= 15 is 0 Å². The van der Waals surface area contributed by atoms with Gasteiger partial charge in [0.2, 0.25) is 0 Å². The highest BCUT2D eigenvalue weighted by Gasteiger charge is 2.21.